The maximum absolute atomic E-state index is 5.51. The third-order valence-electron chi connectivity index (χ3n) is 2.29. The van der Waals surface area contributed by atoms with Crippen molar-refractivity contribution in [2.75, 3.05) is 11.9 Å². The van der Waals surface area contributed by atoms with Crippen LogP contribution in [0.25, 0.3) is 0 Å². The number of hydrogen-bond acceptors (Lipinski definition) is 5. The first-order valence-electron chi connectivity index (χ1n) is 5.57. The van der Waals surface area contributed by atoms with Crippen LogP contribution in [0, 0.1) is 19.3 Å². The van der Waals surface area contributed by atoms with Gasteiger partial charge in [0.05, 0.1) is 0 Å². The minimum absolute atomic E-state index is 0.256. The average molecular weight is 338 g/mol. The van der Waals surface area contributed by atoms with Crippen LogP contribution in [0.3, 0.4) is 0 Å². The van der Waals surface area contributed by atoms with Gasteiger partial charge in [0.15, 0.2) is 0 Å². The summed E-state index contributed by atoms with van der Waals surface area (Å²) in [7, 11) is 0. The molecular formula is C13H12BrN3OS. The van der Waals surface area contributed by atoms with Crippen LogP contribution in [-0.4, -0.2) is 16.8 Å². The highest BCUT2D eigenvalue weighted by Gasteiger charge is 2.06. The number of nitrogens with one attached hydrogen (secondary N) is 1. The monoisotopic (exact) mass is 337 g/mol. The van der Waals surface area contributed by atoms with Crippen LogP contribution in [0.1, 0.15) is 10.6 Å². The second-order valence-corrected chi connectivity index (χ2v) is 5.82. The van der Waals surface area contributed by atoms with Gasteiger partial charge in [0, 0.05) is 16.6 Å². The van der Waals surface area contributed by atoms with Gasteiger partial charge in [0.25, 0.3) is 0 Å². The number of terminal acetylenes is 1. The zero-order chi connectivity index (χ0) is 13.7. The lowest BCUT2D eigenvalue weighted by Gasteiger charge is -2.10. The summed E-state index contributed by atoms with van der Waals surface area (Å²) in [6, 6.07) is 5.81. The smallest absolute Gasteiger partial charge is 0.205 e. The molecule has 4 nitrogen and oxygen atoms in total. The van der Waals surface area contributed by atoms with Gasteiger partial charge >= 0.3 is 0 Å². The summed E-state index contributed by atoms with van der Waals surface area (Å²) in [6.45, 7) is 2.78. The van der Waals surface area contributed by atoms with E-state index >= 15 is 0 Å². The molecule has 0 spiro atoms. The molecule has 98 valence electrons. The van der Waals surface area contributed by atoms with Crippen LogP contribution < -0.4 is 10.1 Å². The molecule has 0 bridgehead atoms. The normalized spacial score (nSPS) is 9.95. The van der Waals surface area contributed by atoms with Gasteiger partial charge < -0.3 is 10.1 Å². The molecule has 0 saturated heterocycles. The zero-order valence-electron chi connectivity index (χ0n) is 10.3. The Morgan fingerprint density at radius 1 is 1.47 bits per heavy atom. The molecule has 6 heteroatoms. The highest BCUT2D eigenvalue weighted by molar-refractivity contribution is 9.10. The first-order valence-corrected chi connectivity index (χ1v) is 7.18. The predicted molar refractivity (Wildman–Crippen MR) is 80.4 cm³/mol. The number of aryl methyl sites for hydroxylation is 1. The summed E-state index contributed by atoms with van der Waals surface area (Å²) >= 11 is 4.96. The van der Waals surface area contributed by atoms with E-state index in [1.807, 2.05) is 25.1 Å². The number of hydrogen-bond donors (Lipinski definition) is 1. The van der Waals surface area contributed by atoms with E-state index in [2.05, 4.69) is 37.4 Å². The van der Waals surface area contributed by atoms with Crippen LogP contribution in [0.2, 0.25) is 0 Å². The van der Waals surface area contributed by atoms with Crippen molar-refractivity contribution in [2.24, 2.45) is 0 Å². The molecule has 0 saturated carbocycles. The van der Waals surface area contributed by atoms with E-state index in [0.717, 1.165) is 25.9 Å². The Kier molecular flexibility index (Phi) is 4.77. The molecule has 2 aromatic rings. The minimum atomic E-state index is 0.256. The fraction of sp³-hybridized carbons (Fsp3) is 0.231. The van der Waals surface area contributed by atoms with Gasteiger partial charge in [-0.05, 0) is 25.1 Å². The lowest BCUT2D eigenvalue weighted by atomic mass is 10.2. The average Bonchev–Trinajstić information content (AvgIpc) is 2.81. The van der Waals surface area contributed by atoms with Gasteiger partial charge in [-0.3, -0.25) is 0 Å². The maximum Gasteiger partial charge on any atom is 0.205 e. The standard InChI is InChI=1S/C13H12BrN3OS/c1-3-6-18-12-5-4-11(14)7-10(12)8-15-13-17-16-9(2)19-13/h1,4-5,7H,6,8H2,2H3,(H,15,17). The first kappa shape index (κ1) is 13.8. The second kappa shape index (κ2) is 6.55. The third kappa shape index (κ3) is 3.94. The number of benzene rings is 1. The SMILES string of the molecule is C#CCOc1ccc(Br)cc1CNc1nnc(C)s1. The topological polar surface area (TPSA) is 47.0 Å². The Morgan fingerprint density at radius 2 is 2.32 bits per heavy atom. The Balaban J connectivity index is 2.09. The Morgan fingerprint density at radius 3 is 3.00 bits per heavy atom. The van der Waals surface area contributed by atoms with Gasteiger partial charge in [-0.25, -0.2) is 0 Å². The molecule has 0 radical (unpaired) electrons. The zero-order valence-corrected chi connectivity index (χ0v) is 12.7. The molecule has 0 aliphatic heterocycles. The second-order valence-electron chi connectivity index (χ2n) is 3.72. The Labute approximate surface area is 124 Å². The van der Waals surface area contributed by atoms with Crippen molar-refractivity contribution in [2.45, 2.75) is 13.5 Å². The van der Waals surface area contributed by atoms with Gasteiger partial charge in [0.2, 0.25) is 5.13 Å². The van der Waals surface area contributed by atoms with Crippen LogP contribution in [-0.2, 0) is 6.54 Å². The van der Waals surface area contributed by atoms with Crippen molar-refractivity contribution in [1.29, 1.82) is 0 Å². The number of aromatic nitrogens is 2. The van der Waals surface area contributed by atoms with Crippen LogP contribution in [0.15, 0.2) is 22.7 Å². The number of anilines is 1. The fourth-order valence-corrected chi connectivity index (χ4v) is 2.48. The highest BCUT2D eigenvalue weighted by Crippen LogP contribution is 2.25. The van der Waals surface area contributed by atoms with Gasteiger partial charge in [0.1, 0.15) is 17.4 Å². The van der Waals surface area contributed by atoms with E-state index < -0.39 is 0 Å². The summed E-state index contributed by atoms with van der Waals surface area (Å²) in [6.07, 6.45) is 5.21. The Hall–Kier alpha value is -1.58. The molecule has 1 heterocycles. The van der Waals surface area contributed by atoms with Gasteiger partial charge in [-0.2, -0.15) is 0 Å². The lowest BCUT2D eigenvalue weighted by Crippen LogP contribution is -2.03. The summed E-state index contributed by atoms with van der Waals surface area (Å²) in [4.78, 5) is 0. The largest absolute Gasteiger partial charge is 0.481 e. The van der Waals surface area contributed by atoms with Crippen molar-refractivity contribution in [3.05, 3.63) is 33.2 Å². The first-order chi connectivity index (χ1) is 9.19. The number of ether oxygens (including phenoxy) is 1. The molecule has 2 rings (SSSR count). The van der Waals surface area contributed by atoms with Crippen molar-refractivity contribution in [3.8, 4) is 18.1 Å². The summed E-state index contributed by atoms with van der Waals surface area (Å²) in [5.41, 5.74) is 1.01. The van der Waals surface area contributed by atoms with Crippen molar-refractivity contribution < 1.29 is 4.74 Å². The summed E-state index contributed by atoms with van der Waals surface area (Å²) in [5, 5.41) is 12.9. The number of rotatable bonds is 5. The van der Waals surface area contributed by atoms with Crippen molar-refractivity contribution in [1.82, 2.24) is 10.2 Å². The molecule has 0 amide bonds. The van der Waals surface area contributed by atoms with Crippen molar-refractivity contribution in [3.63, 3.8) is 0 Å². The van der Waals surface area contributed by atoms with E-state index in [9.17, 15) is 0 Å². The van der Waals surface area contributed by atoms with E-state index in [1.54, 1.807) is 0 Å². The van der Waals surface area contributed by atoms with Gasteiger partial charge in [-0.15, -0.1) is 16.6 Å². The molecule has 1 aromatic carbocycles. The van der Waals surface area contributed by atoms with E-state index in [1.165, 1.54) is 11.3 Å². The molecule has 0 atom stereocenters. The quantitative estimate of drug-likeness (QED) is 0.851. The highest BCUT2D eigenvalue weighted by atomic mass is 79.9. The fourth-order valence-electron chi connectivity index (χ4n) is 1.49. The lowest BCUT2D eigenvalue weighted by molar-refractivity contribution is 0.366. The maximum atomic E-state index is 5.51. The third-order valence-corrected chi connectivity index (χ3v) is 3.58. The van der Waals surface area contributed by atoms with Crippen LogP contribution in [0.4, 0.5) is 5.13 Å². The van der Waals surface area contributed by atoms with E-state index in [0.29, 0.717) is 6.54 Å². The van der Waals surface area contributed by atoms with Crippen LogP contribution in [0.5, 0.6) is 5.75 Å². The molecule has 0 fully saturated rings. The number of nitrogens with zero attached hydrogens (tertiary/aromatic N) is 2. The molecule has 0 aliphatic carbocycles. The van der Waals surface area contributed by atoms with Crippen molar-refractivity contribution >= 4 is 32.4 Å². The summed E-state index contributed by atoms with van der Waals surface area (Å²) < 4.78 is 6.50. The molecule has 1 N–H and O–H groups in total. The summed E-state index contributed by atoms with van der Waals surface area (Å²) in [5.74, 6) is 3.23. The molecule has 0 unspecified atom stereocenters. The van der Waals surface area contributed by atoms with Crippen LogP contribution >= 0.6 is 27.3 Å². The number of halogens is 1. The van der Waals surface area contributed by atoms with E-state index in [4.69, 9.17) is 11.2 Å². The predicted octanol–water partition coefficient (Wildman–Crippen LogP) is 3.23. The molecule has 1 aromatic heterocycles. The Bertz CT molecular complexity index is 606. The molecular weight excluding hydrogens is 326 g/mol. The van der Waals surface area contributed by atoms with Gasteiger partial charge in [-0.1, -0.05) is 33.2 Å². The van der Waals surface area contributed by atoms with E-state index in [-0.39, 0.29) is 6.61 Å². The minimum Gasteiger partial charge on any atom is -0.481 e. The molecule has 19 heavy (non-hydrogen) atoms. The molecule has 0 aliphatic rings.